The van der Waals surface area contributed by atoms with Gasteiger partial charge in [0, 0.05) is 36.8 Å². The average Bonchev–Trinajstić information content (AvgIpc) is 3.47. The number of carbonyl (C=O) groups excluding carboxylic acids is 1. The standard InChI is InChI=1S/C25H28F2N2O3S/c1-33(31,32)28-22-21(13-17-6-5-9-19(12-17)18-7-3-2-4-8-18)29(16-24(22)10-11-24)23(30)20-14-25(26,27)15-20/h2-9,12,20-22,28H,10-11,13-16H2,1H3. The van der Waals surface area contributed by atoms with Crippen molar-refractivity contribution in [2.75, 3.05) is 12.8 Å². The van der Waals surface area contributed by atoms with Gasteiger partial charge in [0.05, 0.1) is 12.3 Å². The summed E-state index contributed by atoms with van der Waals surface area (Å²) in [5, 5.41) is 0. The van der Waals surface area contributed by atoms with Crippen LogP contribution in [0.25, 0.3) is 11.1 Å². The highest BCUT2D eigenvalue weighted by Gasteiger charge is 2.62. The molecule has 3 fully saturated rings. The predicted octanol–water partition coefficient (Wildman–Crippen LogP) is 3.85. The van der Waals surface area contributed by atoms with Crippen LogP contribution in [0, 0.1) is 11.3 Å². The van der Waals surface area contributed by atoms with E-state index in [0.717, 1.165) is 35.8 Å². The number of halogens is 2. The molecule has 5 rings (SSSR count). The molecule has 33 heavy (non-hydrogen) atoms. The lowest BCUT2D eigenvalue weighted by Gasteiger charge is -2.38. The zero-order valence-electron chi connectivity index (χ0n) is 18.5. The van der Waals surface area contributed by atoms with Gasteiger partial charge in [-0.1, -0.05) is 54.6 Å². The van der Waals surface area contributed by atoms with Gasteiger partial charge in [-0.05, 0) is 36.0 Å². The molecule has 2 aliphatic carbocycles. The van der Waals surface area contributed by atoms with Crippen molar-refractivity contribution in [3.8, 4) is 11.1 Å². The largest absolute Gasteiger partial charge is 0.337 e. The van der Waals surface area contributed by atoms with Gasteiger partial charge in [0.15, 0.2) is 0 Å². The quantitative estimate of drug-likeness (QED) is 0.692. The number of hydrogen-bond donors (Lipinski definition) is 1. The Morgan fingerprint density at radius 3 is 2.33 bits per heavy atom. The molecule has 2 aromatic rings. The van der Waals surface area contributed by atoms with Crippen LogP contribution in [-0.4, -0.2) is 50.0 Å². The van der Waals surface area contributed by atoms with Crippen LogP contribution >= 0.6 is 0 Å². The normalized spacial score (nSPS) is 25.7. The van der Waals surface area contributed by atoms with Crippen LogP contribution < -0.4 is 4.72 Å². The number of carbonyl (C=O) groups is 1. The number of nitrogens with one attached hydrogen (secondary N) is 1. The number of rotatable bonds is 6. The number of alkyl halides is 2. The summed E-state index contributed by atoms with van der Waals surface area (Å²) in [5.74, 6) is -3.73. The van der Waals surface area contributed by atoms with Gasteiger partial charge in [0.1, 0.15) is 0 Å². The Hall–Kier alpha value is -2.32. The number of nitrogens with zero attached hydrogens (tertiary/aromatic N) is 1. The number of hydrogen-bond acceptors (Lipinski definition) is 3. The Morgan fingerprint density at radius 1 is 1.06 bits per heavy atom. The van der Waals surface area contributed by atoms with Crippen LogP contribution in [0.4, 0.5) is 8.78 Å². The van der Waals surface area contributed by atoms with Crippen molar-refractivity contribution in [3.05, 3.63) is 60.2 Å². The molecule has 5 nitrogen and oxygen atoms in total. The van der Waals surface area contributed by atoms with Gasteiger partial charge in [0.2, 0.25) is 21.9 Å². The Kier molecular flexibility index (Phi) is 5.36. The average molecular weight is 475 g/mol. The van der Waals surface area contributed by atoms with Gasteiger partial charge in [-0.3, -0.25) is 4.79 Å². The molecule has 1 N–H and O–H groups in total. The number of amides is 1. The number of sulfonamides is 1. The van der Waals surface area contributed by atoms with Crippen LogP contribution in [0.1, 0.15) is 31.2 Å². The van der Waals surface area contributed by atoms with Gasteiger partial charge in [-0.15, -0.1) is 0 Å². The third kappa shape index (κ3) is 4.55. The number of likely N-dealkylation sites (tertiary alicyclic amines) is 1. The molecule has 2 atom stereocenters. The summed E-state index contributed by atoms with van der Waals surface area (Å²) in [6.45, 7) is 0.421. The smallest absolute Gasteiger partial charge is 0.249 e. The Balaban J connectivity index is 1.45. The lowest BCUT2D eigenvalue weighted by molar-refractivity contribution is -0.160. The number of benzene rings is 2. The summed E-state index contributed by atoms with van der Waals surface area (Å²) in [7, 11) is -3.50. The van der Waals surface area contributed by atoms with Gasteiger partial charge in [0.25, 0.3) is 0 Å². The fourth-order valence-corrected chi connectivity index (χ4v) is 6.36. The first-order chi connectivity index (χ1) is 15.6. The molecule has 8 heteroatoms. The molecule has 176 valence electrons. The molecule has 3 aliphatic rings. The third-order valence-electron chi connectivity index (χ3n) is 7.36. The summed E-state index contributed by atoms with van der Waals surface area (Å²) >= 11 is 0. The fraction of sp³-hybridized carbons (Fsp3) is 0.480. The highest BCUT2D eigenvalue weighted by Crippen LogP contribution is 2.56. The second kappa shape index (κ2) is 7.87. The Bertz CT molecular complexity index is 1160. The molecule has 2 saturated carbocycles. The van der Waals surface area contributed by atoms with E-state index in [1.54, 1.807) is 4.90 Å². The van der Waals surface area contributed by atoms with Gasteiger partial charge in [-0.2, -0.15) is 0 Å². The zero-order valence-corrected chi connectivity index (χ0v) is 19.3. The first-order valence-electron chi connectivity index (χ1n) is 11.4. The van der Waals surface area contributed by atoms with Crippen molar-refractivity contribution >= 4 is 15.9 Å². The molecule has 1 saturated heterocycles. The van der Waals surface area contributed by atoms with Crippen molar-refractivity contribution in [2.45, 2.75) is 50.1 Å². The SMILES string of the molecule is CS(=O)(=O)NC1C(Cc2cccc(-c3ccccc3)c2)N(C(=O)C2CC(F)(F)C2)CC12CC2. The predicted molar refractivity (Wildman–Crippen MR) is 122 cm³/mol. The Labute approximate surface area is 193 Å². The van der Waals surface area contributed by atoms with E-state index in [-0.39, 0.29) is 11.3 Å². The highest BCUT2D eigenvalue weighted by molar-refractivity contribution is 7.88. The minimum absolute atomic E-state index is 0.269. The molecule has 0 aromatic heterocycles. The first kappa shape index (κ1) is 22.5. The molecule has 1 amide bonds. The minimum Gasteiger partial charge on any atom is -0.337 e. The summed E-state index contributed by atoms with van der Waals surface area (Å²) in [4.78, 5) is 14.9. The molecule has 0 radical (unpaired) electrons. The minimum atomic E-state index is -3.50. The summed E-state index contributed by atoms with van der Waals surface area (Å²) < 4.78 is 54.1. The van der Waals surface area contributed by atoms with E-state index in [4.69, 9.17) is 0 Å². The van der Waals surface area contributed by atoms with E-state index in [1.165, 1.54) is 0 Å². The summed E-state index contributed by atoms with van der Waals surface area (Å²) in [6.07, 6.45) is 2.40. The molecule has 1 aliphatic heterocycles. The van der Waals surface area contributed by atoms with Gasteiger partial charge in [-0.25, -0.2) is 21.9 Å². The van der Waals surface area contributed by atoms with E-state index in [0.29, 0.717) is 13.0 Å². The van der Waals surface area contributed by atoms with Crippen LogP contribution in [-0.2, 0) is 21.2 Å². The van der Waals surface area contributed by atoms with Crippen molar-refractivity contribution in [3.63, 3.8) is 0 Å². The molecule has 1 spiro atoms. The summed E-state index contributed by atoms with van der Waals surface area (Å²) in [6, 6.07) is 17.1. The van der Waals surface area contributed by atoms with Crippen LogP contribution in [0.15, 0.2) is 54.6 Å². The van der Waals surface area contributed by atoms with Crippen LogP contribution in [0.5, 0.6) is 0 Å². The third-order valence-corrected chi connectivity index (χ3v) is 8.05. The van der Waals surface area contributed by atoms with Gasteiger partial charge < -0.3 is 4.90 Å². The first-order valence-corrected chi connectivity index (χ1v) is 13.2. The van der Waals surface area contributed by atoms with E-state index in [1.807, 2.05) is 48.5 Å². The molecular formula is C25H28F2N2O3S. The molecule has 2 unspecified atom stereocenters. The lowest BCUT2D eigenvalue weighted by atomic mass is 9.80. The van der Waals surface area contributed by atoms with E-state index in [2.05, 4.69) is 10.8 Å². The van der Waals surface area contributed by atoms with Crippen molar-refractivity contribution in [1.82, 2.24) is 9.62 Å². The lowest BCUT2D eigenvalue weighted by Crippen LogP contribution is -2.52. The van der Waals surface area contributed by atoms with E-state index >= 15 is 0 Å². The highest BCUT2D eigenvalue weighted by atomic mass is 32.2. The topological polar surface area (TPSA) is 66.5 Å². The maximum absolute atomic E-state index is 13.5. The second-order valence-electron chi connectivity index (χ2n) is 10.00. The van der Waals surface area contributed by atoms with E-state index < -0.39 is 46.8 Å². The molecule has 0 bridgehead atoms. The van der Waals surface area contributed by atoms with Crippen molar-refractivity contribution in [1.29, 1.82) is 0 Å². The van der Waals surface area contributed by atoms with Crippen LogP contribution in [0.3, 0.4) is 0 Å². The maximum atomic E-state index is 13.5. The van der Waals surface area contributed by atoms with Crippen LogP contribution in [0.2, 0.25) is 0 Å². The molecular weight excluding hydrogens is 446 g/mol. The second-order valence-corrected chi connectivity index (χ2v) is 11.8. The van der Waals surface area contributed by atoms with Crippen molar-refractivity contribution in [2.24, 2.45) is 11.3 Å². The molecule has 1 heterocycles. The monoisotopic (exact) mass is 474 g/mol. The zero-order chi connectivity index (χ0) is 23.4. The van der Waals surface area contributed by atoms with E-state index in [9.17, 15) is 22.0 Å². The summed E-state index contributed by atoms with van der Waals surface area (Å²) in [5.41, 5.74) is 2.79. The van der Waals surface area contributed by atoms with Gasteiger partial charge >= 0.3 is 0 Å². The van der Waals surface area contributed by atoms with Crippen molar-refractivity contribution < 1.29 is 22.0 Å². The maximum Gasteiger partial charge on any atom is 0.249 e. The fourth-order valence-electron chi connectivity index (χ4n) is 5.50. The molecule has 2 aromatic carbocycles. The Morgan fingerprint density at radius 2 is 1.73 bits per heavy atom.